The Balaban J connectivity index is -0.000000000928. The summed E-state index contributed by atoms with van der Waals surface area (Å²) in [6.45, 7) is 0. The van der Waals surface area contributed by atoms with E-state index in [1.54, 1.807) is 0 Å². The molecule has 0 atom stereocenters. The zero-order chi connectivity index (χ0) is 10.8. The Morgan fingerprint density at radius 2 is 0.212 bits per heavy atom. The number of nitrogens with one attached hydrogen (secondary N) is 4. The maximum Gasteiger partial charge on any atom is 0.231 e. The third-order valence-electron chi connectivity index (χ3n) is 0. The minimum absolute atomic E-state index is 0. The Hall–Kier alpha value is -2.48. The fraction of sp³-hybridized carbons (Fsp3) is 0.840. The molecule has 0 aliphatic heterocycles. The molecule has 0 heterocycles. The van der Waals surface area contributed by atoms with Crippen molar-refractivity contribution in [3.05, 3.63) is 0 Å². The molecule has 0 rings (SSSR count). The number of hydrogen-bond donors (Lipinski definition) is 4. The van der Waals surface area contributed by atoms with E-state index in [4.69, 9.17) is 40.8 Å². The molecular weight excluding hydrogens is 420 g/mol. The predicted molar refractivity (Wildman–Crippen MR) is 175 cm³/mol. The van der Waals surface area contributed by atoms with Crippen LogP contribution in [0.4, 0.5) is 0 Å². The standard InChI is InChI=1S/4CHNO.21CH4/c4*2-1-3;;;;;;;;;;;;;;;;;;;;;/h4*2H;21*1H4. The largest absolute Gasteiger partial charge is 0.231 e. The van der Waals surface area contributed by atoms with E-state index in [0.29, 0.717) is 0 Å². The molecule has 232 valence electrons. The van der Waals surface area contributed by atoms with Crippen molar-refractivity contribution < 1.29 is 19.2 Å². The molecule has 0 fully saturated rings. The van der Waals surface area contributed by atoms with Crippen molar-refractivity contribution in [3.8, 4) is 0 Å². The third kappa shape index (κ3) is 3640. The summed E-state index contributed by atoms with van der Waals surface area (Å²) in [6.07, 6.45) is 3.00. The van der Waals surface area contributed by atoms with Crippen molar-refractivity contribution in [1.82, 2.24) is 0 Å². The van der Waals surface area contributed by atoms with Crippen molar-refractivity contribution in [2.45, 2.75) is 156 Å². The van der Waals surface area contributed by atoms with Gasteiger partial charge in [-0.05, 0) is 0 Å². The van der Waals surface area contributed by atoms with Crippen LogP contribution in [-0.2, 0) is 19.2 Å². The molecule has 0 saturated carbocycles. The number of isocyanates is 4. The van der Waals surface area contributed by atoms with E-state index in [0.717, 1.165) is 24.3 Å². The Bertz CT molecular complexity index is 166. The van der Waals surface area contributed by atoms with Crippen LogP contribution in [0.3, 0.4) is 0 Å². The van der Waals surface area contributed by atoms with Crippen LogP contribution < -0.4 is 0 Å². The van der Waals surface area contributed by atoms with Gasteiger partial charge in [-0.2, -0.15) is 0 Å². The molecule has 0 aromatic carbocycles. The minimum Gasteiger partial charge on any atom is -0.222 e. The summed E-state index contributed by atoms with van der Waals surface area (Å²) in [6, 6.07) is 0. The Labute approximate surface area is 221 Å². The second-order valence-corrected chi connectivity index (χ2v) is 0.408. The Kier molecular flexibility index (Phi) is 275000. The van der Waals surface area contributed by atoms with Crippen LogP contribution in [-0.4, -0.2) is 24.3 Å². The van der Waals surface area contributed by atoms with Gasteiger partial charge in [0.2, 0.25) is 24.3 Å². The first kappa shape index (κ1) is 873. The molecule has 8 nitrogen and oxygen atoms in total. The zero-order valence-corrected chi connectivity index (χ0v) is 5.63. The smallest absolute Gasteiger partial charge is 0.222 e. The average molecular weight is 509 g/mol. The number of hydrogen-bond acceptors (Lipinski definition) is 8. The van der Waals surface area contributed by atoms with Gasteiger partial charge >= 0.3 is 0 Å². The molecule has 0 aromatic rings. The van der Waals surface area contributed by atoms with Crippen molar-refractivity contribution in [2.75, 3.05) is 0 Å². The zero-order valence-electron chi connectivity index (χ0n) is 5.63. The van der Waals surface area contributed by atoms with Crippen LogP contribution in [0.5, 0.6) is 0 Å². The maximum absolute atomic E-state index is 8.35. The Morgan fingerprint density at radius 1 is 0.212 bits per heavy atom. The van der Waals surface area contributed by atoms with Gasteiger partial charge in [-0.3, -0.25) is 0 Å². The monoisotopic (exact) mass is 509 g/mol. The van der Waals surface area contributed by atoms with Crippen LogP contribution in [0.25, 0.3) is 0 Å². The van der Waals surface area contributed by atoms with Crippen LogP contribution >= 0.6 is 0 Å². The lowest BCUT2D eigenvalue weighted by atomic mass is 11.7. The Morgan fingerprint density at radius 3 is 0.212 bits per heavy atom. The van der Waals surface area contributed by atoms with E-state index >= 15 is 0 Å². The van der Waals surface area contributed by atoms with Crippen LogP contribution in [0.2, 0.25) is 0 Å². The normalized spacial score (nSPS) is 0.970. The molecule has 0 amide bonds. The molecule has 0 bridgehead atoms. The second kappa shape index (κ2) is 10400. The molecular formula is C25H88N4O4. The summed E-state index contributed by atoms with van der Waals surface area (Å²) in [5.74, 6) is 0. The minimum atomic E-state index is 0. The molecule has 0 aromatic heterocycles. The molecule has 0 aliphatic rings. The maximum atomic E-state index is 8.35. The molecule has 0 radical (unpaired) electrons. The van der Waals surface area contributed by atoms with Gasteiger partial charge in [0, 0.05) is 0 Å². The van der Waals surface area contributed by atoms with E-state index in [1.165, 1.54) is 0 Å². The molecule has 8 heteroatoms. The second-order valence-electron chi connectivity index (χ2n) is 0.408. The molecule has 0 saturated heterocycles. The summed E-state index contributed by atoms with van der Waals surface area (Å²) < 4.78 is 0. The van der Waals surface area contributed by atoms with E-state index in [-0.39, 0.29) is 156 Å². The highest BCUT2D eigenvalue weighted by Gasteiger charge is 1.04. The van der Waals surface area contributed by atoms with Gasteiger partial charge in [0.15, 0.2) is 0 Å². The molecule has 0 spiro atoms. The van der Waals surface area contributed by atoms with E-state index in [2.05, 4.69) is 0 Å². The first-order chi connectivity index (χ1) is 5.66. The van der Waals surface area contributed by atoms with Gasteiger partial charge < -0.3 is 0 Å². The third-order valence-corrected chi connectivity index (χ3v) is 0. The molecule has 4 N–H and O–H groups in total. The van der Waals surface area contributed by atoms with Gasteiger partial charge in [-0.15, -0.1) is 0 Å². The highest BCUT2D eigenvalue weighted by molar-refractivity contribution is 5.26. The van der Waals surface area contributed by atoms with E-state index in [1.807, 2.05) is 0 Å². The van der Waals surface area contributed by atoms with E-state index < -0.39 is 0 Å². The van der Waals surface area contributed by atoms with Gasteiger partial charge in [-0.25, -0.2) is 40.8 Å². The summed E-state index contributed by atoms with van der Waals surface area (Å²) in [5.41, 5.74) is 0. The van der Waals surface area contributed by atoms with E-state index in [9.17, 15) is 0 Å². The summed E-state index contributed by atoms with van der Waals surface area (Å²) in [4.78, 5) is 33.4. The molecule has 0 unspecified atom stereocenters. The van der Waals surface area contributed by atoms with Gasteiger partial charge in [0.25, 0.3) is 0 Å². The first-order valence-electron chi connectivity index (χ1n) is 1.82. The molecule has 33 heavy (non-hydrogen) atoms. The van der Waals surface area contributed by atoms with Gasteiger partial charge in [-0.1, -0.05) is 156 Å². The average Bonchev–Trinajstić information content (AvgIpc) is 1.92. The first-order valence-corrected chi connectivity index (χ1v) is 1.82. The quantitative estimate of drug-likeness (QED) is 0.189. The lowest BCUT2D eigenvalue weighted by molar-refractivity contribution is 0.562. The fourth-order valence-electron chi connectivity index (χ4n) is 0. The number of carbonyl (C=O) groups excluding carboxylic acids is 4. The van der Waals surface area contributed by atoms with Crippen LogP contribution in [0.15, 0.2) is 0 Å². The molecule has 0 aliphatic carbocycles. The SMILES string of the molecule is C.C.C.C.C.C.C.C.C.C.C.C.C.C.C.C.C.C.C.C.C.N=C=O.N=C=O.N=C=O.N=C=O. The van der Waals surface area contributed by atoms with Gasteiger partial charge in [0.05, 0.1) is 0 Å². The van der Waals surface area contributed by atoms with Crippen LogP contribution in [0.1, 0.15) is 156 Å². The fourth-order valence-corrected chi connectivity index (χ4v) is 0. The highest BCUT2D eigenvalue weighted by atomic mass is 16.1. The van der Waals surface area contributed by atoms with Crippen molar-refractivity contribution in [2.24, 2.45) is 0 Å². The van der Waals surface area contributed by atoms with Crippen LogP contribution in [0, 0.1) is 21.6 Å². The topological polar surface area (TPSA) is 164 Å². The summed E-state index contributed by atoms with van der Waals surface area (Å²) in [5, 5.41) is 21.6. The summed E-state index contributed by atoms with van der Waals surface area (Å²) >= 11 is 0. The number of rotatable bonds is 0. The predicted octanol–water partition coefficient (Wildman–Crippen LogP) is 13.0. The lowest BCUT2D eigenvalue weighted by Crippen LogP contribution is -1.16. The van der Waals surface area contributed by atoms with Gasteiger partial charge in [0.1, 0.15) is 0 Å². The van der Waals surface area contributed by atoms with Crippen molar-refractivity contribution in [3.63, 3.8) is 0 Å². The van der Waals surface area contributed by atoms with Crippen molar-refractivity contribution in [1.29, 1.82) is 21.6 Å². The lowest BCUT2D eigenvalue weighted by Gasteiger charge is -1.02. The van der Waals surface area contributed by atoms with Crippen molar-refractivity contribution >= 4 is 24.3 Å². The highest BCUT2D eigenvalue weighted by Crippen LogP contribution is 0.877. The summed E-state index contributed by atoms with van der Waals surface area (Å²) in [7, 11) is 0.